The van der Waals surface area contributed by atoms with Crippen LogP contribution >= 0.6 is 0 Å². The lowest BCUT2D eigenvalue weighted by molar-refractivity contribution is 0.0511. The minimum atomic E-state index is -0.692. The Hall–Kier alpha value is -1.09. The summed E-state index contributed by atoms with van der Waals surface area (Å²) in [6.45, 7) is 9.83. The Bertz CT molecular complexity index is 355. The highest BCUT2D eigenvalue weighted by Crippen LogP contribution is 2.19. The molecule has 0 aliphatic rings. The van der Waals surface area contributed by atoms with Crippen molar-refractivity contribution < 1.29 is 5.11 Å². The topological polar surface area (TPSA) is 38.0 Å². The average Bonchev–Trinajstić information content (AvgIpc) is 2.73. The predicted molar refractivity (Wildman–Crippen MR) is 71.0 cm³/mol. The largest absolute Gasteiger partial charge is 0.390 e. The van der Waals surface area contributed by atoms with Crippen LogP contribution in [0.4, 0.5) is 0 Å². The molecule has 0 bridgehead atoms. The molecule has 0 spiro atoms. The second-order valence-electron chi connectivity index (χ2n) is 5.05. The molecular formula is C14H24N2O. The molecule has 3 heteroatoms. The fourth-order valence-electron chi connectivity index (χ4n) is 1.80. The van der Waals surface area contributed by atoms with Crippen LogP contribution < -0.4 is 0 Å². The van der Waals surface area contributed by atoms with Gasteiger partial charge in [-0.05, 0) is 39.2 Å². The summed E-state index contributed by atoms with van der Waals surface area (Å²) in [6.07, 6.45) is 7.06. The van der Waals surface area contributed by atoms with E-state index in [2.05, 4.69) is 25.5 Å². The lowest BCUT2D eigenvalue weighted by Crippen LogP contribution is -2.27. The van der Waals surface area contributed by atoms with Gasteiger partial charge in [0.25, 0.3) is 0 Å². The lowest BCUT2D eigenvalue weighted by atomic mass is 9.94. The maximum atomic E-state index is 10.2. The van der Waals surface area contributed by atoms with E-state index >= 15 is 0 Å². The third-order valence-electron chi connectivity index (χ3n) is 3.15. The molecule has 3 nitrogen and oxygen atoms in total. The molecule has 0 aliphatic heterocycles. The second-order valence-corrected chi connectivity index (χ2v) is 5.05. The summed E-state index contributed by atoms with van der Waals surface area (Å²) in [5.74, 6) is 0. The van der Waals surface area contributed by atoms with Gasteiger partial charge < -0.3 is 5.11 Å². The molecule has 0 aromatic carbocycles. The summed E-state index contributed by atoms with van der Waals surface area (Å²) in [6, 6.07) is 2.41. The standard InChI is InChI=1S/C14H24N2O/c1-5-7-9-14(4,17)11-13-8-10-16(15-13)12(3)6-2/h5,8,10,12,17H,1,6-7,9,11H2,2-4H3. The van der Waals surface area contributed by atoms with Gasteiger partial charge >= 0.3 is 0 Å². The smallest absolute Gasteiger partial charge is 0.0678 e. The fraction of sp³-hybridized carbons (Fsp3) is 0.643. The first-order chi connectivity index (χ1) is 7.98. The Balaban J connectivity index is 2.62. The SMILES string of the molecule is C=CCCC(C)(O)Cc1ccn(C(C)CC)n1. The van der Waals surface area contributed by atoms with Crippen LogP contribution in [0.2, 0.25) is 0 Å². The van der Waals surface area contributed by atoms with Crippen molar-refractivity contribution in [3.63, 3.8) is 0 Å². The lowest BCUT2D eigenvalue weighted by Gasteiger charge is -2.21. The average molecular weight is 236 g/mol. The van der Waals surface area contributed by atoms with Crippen molar-refractivity contribution in [1.29, 1.82) is 0 Å². The summed E-state index contributed by atoms with van der Waals surface area (Å²) in [5, 5.41) is 14.7. The zero-order valence-electron chi connectivity index (χ0n) is 11.2. The van der Waals surface area contributed by atoms with Crippen LogP contribution in [0.5, 0.6) is 0 Å². The van der Waals surface area contributed by atoms with E-state index in [1.807, 2.05) is 29.9 Å². The van der Waals surface area contributed by atoms with Crippen molar-refractivity contribution in [2.75, 3.05) is 0 Å². The van der Waals surface area contributed by atoms with Crippen LogP contribution in [0.1, 0.15) is 51.8 Å². The van der Waals surface area contributed by atoms with Crippen molar-refractivity contribution in [2.24, 2.45) is 0 Å². The molecule has 0 saturated carbocycles. The third-order valence-corrected chi connectivity index (χ3v) is 3.15. The molecule has 1 rings (SSSR count). The number of rotatable bonds is 7. The second kappa shape index (κ2) is 6.01. The van der Waals surface area contributed by atoms with Crippen LogP contribution in [0.25, 0.3) is 0 Å². The van der Waals surface area contributed by atoms with Crippen LogP contribution in [0, 0.1) is 0 Å². The van der Waals surface area contributed by atoms with Gasteiger partial charge in [0.2, 0.25) is 0 Å². The number of allylic oxidation sites excluding steroid dienone is 1. The third kappa shape index (κ3) is 4.35. The van der Waals surface area contributed by atoms with E-state index < -0.39 is 5.60 Å². The molecule has 2 atom stereocenters. The molecule has 1 heterocycles. The van der Waals surface area contributed by atoms with E-state index in [9.17, 15) is 5.11 Å². The van der Waals surface area contributed by atoms with Crippen LogP contribution in [-0.2, 0) is 6.42 Å². The monoisotopic (exact) mass is 236 g/mol. The minimum absolute atomic E-state index is 0.418. The summed E-state index contributed by atoms with van der Waals surface area (Å²) >= 11 is 0. The van der Waals surface area contributed by atoms with Crippen LogP contribution in [0.3, 0.4) is 0 Å². The zero-order chi connectivity index (χ0) is 12.9. The molecule has 1 aromatic rings. The summed E-state index contributed by atoms with van der Waals surface area (Å²) in [7, 11) is 0. The predicted octanol–water partition coefficient (Wildman–Crippen LogP) is 3.11. The van der Waals surface area contributed by atoms with Gasteiger partial charge in [-0.25, -0.2) is 0 Å². The van der Waals surface area contributed by atoms with Gasteiger partial charge in [-0.1, -0.05) is 13.0 Å². The summed E-state index contributed by atoms with van der Waals surface area (Å²) in [5.41, 5.74) is 0.266. The normalized spacial score (nSPS) is 16.5. The first kappa shape index (κ1) is 14.0. The highest BCUT2D eigenvalue weighted by molar-refractivity contribution is 5.04. The van der Waals surface area contributed by atoms with E-state index in [4.69, 9.17) is 0 Å². The number of hydrogen-bond acceptors (Lipinski definition) is 2. The molecule has 0 fully saturated rings. The molecule has 0 aliphatic carbocycles. The fourth-order valence-corrected chi connectivity index (χ4v) is 1.80. The molecule has 0 radical (unpaired) electrons. The summed E-state index contributed by atoms with van der Waals surface area (Å²) < 4.78 is 1.97. The maximum absolute atomic E-state index is 10.2. The van der Waals surface area contributed by atoms with Gasteiger partial charge in [0.05, 0.1) is 11.3 Å². The van der Waals surface area contributed by atoms with Crippen molar-refractivity contribution in [3.05, 3.63) is 30.6 Å². The van der Waals surface area contributed by atoms with Gasteiger partial charge in [-0.2, -0.15) is 5.10 Å². The number of hydrogen-bond donors (Lipinski definition) is 1. The van der Waals surface area contributed by atoms with Gasteiger partial charge in [-0.15, -0.1) is 6.58 Å². The van der Waals surface area contributed by atoms with Crippen molar-refractivity contribution in [3.8, 4) is 0 Å². The number of aliphatic hydroxyl groups is 1. The van der Waals surface area contributed by atoms with E-state index in [1.165, 1.54) is 0 Å². The van der Waals surface area contributed by atoms with E-state index in [0.717, 1.165) is 25.0 Å². The molecule has 1 aromatic heterocycles. The van der Waals surface area contributed by atoms with Crippen molar-refractivity contribution in [1.82, 2.24) is 9.78 Å². The molecule has 0 amide bonds. The molecule has 96 valence electrons. The molecule has 1 N–H and O–H groups in total. The summed E-state index contributed by atoms with van der Waals surface area (Å²) in [4.78, 5) is 0. The Labute approximate surface area is 104 Å². The van der Waals surface area contributed by atoms with E-state index in [0.29, 0.717) is 12.5 Å². The molecule has 17 heavy (non-hydrogen) atoms. The Morgan fingerprint density at radius 1 is 1.65 bits per heavy atom. The Morgan fingerprint density at radius 2 is 2.35 bits per heavy atom. The van der Waals surface area contributed by atoms with Crippen molar-refractivity contribution in [2.45, 2.75) is 58.1 Å². The van der Waals surface area contributed by atoms with Gasteiger partial charge in [-0.3, -0.25) is 4.68 Å². The first-order valence-electron chi connectivity index (χ1n) is 6.36. The quantitative estimate of drug-likeness (QED) is 0.739. The molecule has 2 unspecified atom stereocenters. The van der Waals surface area contributed by atoms with Crippen LogP contribution in [-0.4, -0.2) is 20.5 Å². The van der Waals surface area contributed by atoms with Gasteiger partial charge in [0.15, 0.2) is 0 Å². The Morgan fingerprint density at radius 3 is 2.94 bits per heavy atom. The van der Waals surface area contributed by atoms with Crippen molar-refractivity contribution >= 4 is 0 Å². The van der Waals surface area contributed by atoms with Gasteiger partial charge in [0.1, 0.15) is 0 Å². The molecule has 0 saturated heterocycles. The zero-order valence-corrected chi connectivity index (χ0v) is 11.2. The number of nitrogens with zero attached hydrogens (tertiary/aromatic N) is 2. The number of aromatic nitrogens is 2. The van der Waals surface area contributed by atoms with E-state index in [1.54, 1.807) is 0 Å². The van der Waals surface area contributed by atoms with E-state index in [-0.39, 0.29) is 0 Å². The maximum Gasteiger partial charge on any atom is 0.0678 e. The highest BCUT2D eigenvalue weighted by Gasteiger charge is 2.21. The van der Waals surface area contributed by atoms with Gasteiger partial charge in [0, 0.05) is 18.7 Å². The first-order valence-corrected chi connectivity index (χ1v) is 6.36. The Kier molecular flexibility index (Phi) is 4.94. The molecular weight excluding hydrogens is 212 g/mol. The minimum Gasteiger partial charge on any atom is -0.390 e. The van der Waals surface area contributed by atoms with Crippen LogP contribution in [0.15, 0.2) is 24.9 Å². The highest BCUT2D eigenvalue weighted by atomic mass is 16.3.